The van der Waals surface area contributed by atoms with E-state index in [4.69, 9.17) is 0 Å². The highest BCUT2D eigenvalue weighted by Gasteiger charge is 2.58. The smallest absolute Gasteiger partial charge is 0.0659 e. The van der Waals surface area contributed by atoms with Crippen molar-refractivity contribution in [3.8, 4) is 0 Å². The van der Waals surface area contributed by atoms with Crippen LogP contribution in [0.5, 0.6) is 0 Å². The largest absolute Gasteiger partial charge is 0.371 e. The van der Waals surface area contributed by atoms with Gasteiger partial charge in [0.15, 0.2) is 0 Å². The molecule has 2 heteroatoms. The van der Waals surface area contributed by atoms with Gasteiger partial charge in [-0.25, -0.2) is 0 Å². The molecule has 5 aromatic rings. The summed E-state index contributed by atoms with van der Waals surface area (Å²) in [4.78, 5) is 4.91. The second-order valence-electron chi connectivity index (χ2n) is 13.1. The van der Waals surface area contributed by atoms with Crippen molar-refractivity contribution in [2.75, 3.05) is 25.0 Å². The fourth-order valence-corrected chi connectivity index (χ4v) is 7.28. The van der Waals surface area contributed by atoms with E-state index in [1.807, 2.05) is 0 Å². The van der Waals surface area contributed by atoms with Gasteiger partial charge in [0.05, 0.1) is 5.54 Å². The zero-order valence-corrected chi connectivity index (χ0v) is 27.6. The summed E-state index contributed by atoms with van der Waals surface area (Å²) in [6, 6.07) is 37.4. The number of likely N-dealkylation sites (N-methyl/N-ethyl adjacent to an activating group) is 1. The fraction of sp³-hybridized carbons (Fsp3) is 0.200. The first-order chi connectivity index (χ1) is 23.1. The zero-order valence-electron chi connectivity index (χ0n) is 27.6. The molecule has 47 heavy (non-hydrogen) atoms. The summed E-state index contributed by atoms with van der Waals surface area (Å²) < 4.78 is 0. The van der Waals surface area contributed by atoms with Gasteiger partial charge in [0, 0.05) is 31.7 Å². The number of benzene rings is 5. The number of hydrogen-bond acceptors (Lipinski definition) is 2. The molecule has 1 saturated carbocycles. The van der Waals surface area contributed by atoms with Crippen LogP contribution in [0.25, 0.3) is 39.8 Å². The molecule has 5 aromatic carbocycles. The van der Waals surface area contributed by atoms with Crippen LogP contribution in [0.15, 0.2) is 146 Å². The highest BCUT2D eigenvalue weighted by atomic mass is 15.2. The van der Waals surface area contributed by atoms with E-state index in [9.17, 15) is 0 Å². The Hall–Kier alpha value is -5.08. The van der Waals surface area contributed by atoms with Crippen molar-refractivity contribution >= 4 is 45.5 Å². The van der Waals surface area contributed by atoms with Crippen molar-refractivity contribution in [2.24, 2.45) is 5.92 Å². The Bertz CT molecular complexity index is 2130. The predicted molar refractivity (Wildman–Crippen MR) is 204 cm³/mol. The summed E-state index contributed by atoms with van der Waals surface area (Å²) in [5.74, 6) is 0.867. The van der Waals surface area contributed by atoms with Crippen LogP contribution in [0.3, 0.4) is 0 Å². The predicted octanol–water partition coefficient (Wildman–Crippen LogP) is 9.23. The fourth-order valence-electron chi connectivity index (χ4n) is 7.28. The third kappa shape index (κ3) is 6.33. The Kier molecular flexibility index (Phi) is 8.68. The minimum absolute atomic E-state index is 0.0295. The molecule has 234 valence electrons. The number of fused-ring (bicyclic) bond motifs is 5. The van der Waals surface area contributed by atoms with E-state index in [0.717, 1.165) is 25.9 Å². The maximum absolute atomic E-state index is 4.27. The standard InChI is InChI=1S/C45H44N2/c1-4-34(15-12-13-27-46(3)42-24-23-40-29-38-19-8-9-20-39(38)30-41(40)31-42)33-47(28-14-21-36-17-7-6-16-35(36)5-2)45-26-25-37-18-10-11-22-43(37)44(45)32-45/h4-14,16-26,28-31,34,44H,1,15,27,32-33H2,2-3H3/b13-12-,28-14+,35-5-,36-21-. The van der Waals surface area contributed by atoms with E-state index >= 15 is 0 Å². The zero-order chi connectivity index (χ0) is 32.2. The van der Waals surface area contributed by atoms with Gasteiger partial charge in [-0.2, -0.15) is 0 Å². The molecule has 0 spiro atoms. The molecule has 0 saturated heterocycles. The number of rotatable bonds is 11. The molecular formula is C45H44N2. The second-order valence-corrected chi connectivity index (χ2v) is 13.1. The Balaban J connectivity index is 1.06. The SMILES string of the molecule is C=CC(C/C=C\CN(C)c1ccc2cc3ccccc3cc2c1)CN(/C=C/C=c1/cccc/c1=C/C)C12C=Cc3ccccc3C1C2. The number of anilines is 1. The van der Waals surface area contributed by atoms with Crippen LogP contribution in [-0.4, -0.2) is 30.6 Å². The van der Waals surface area contributed by atoms with E-state index in [-0.39, 0.29) is 5.54 Å². The summed E-state index contributed by atoms with van der Waals surface area (Å²) in [6.07, 6.45) is 22.7. The van der Waals surface area contributed by atoms with Gasteiger partial charge < -0.3 is 9.80 Å². The summed E-state index contributed by atoms with van der Waals surface area (Å²) in [6.45, 7) is 8.16. The molecule has 3 unspecified atom stereocenters. The van der Waals surface area contributed by atoms with Crippen LogP contribution >= 0.6 is 0 Å². The quantitative estimate of drug-likeness (QED) is 0.108. The second kappa shape index (κ2) is 13.3. The lowest BCUT2D eigenvalue weighted by Crippen LogP contribution is -2.37. The molecule has 0 N–H and O–H groups in total. The Morgan fingerprint density at radius 3 is 2.36 bits per heavy atom. The number of allylic oxidation sites excluding steroid dienone is 2. The van der Waals surface area contributed by atoms with Crippen molar-refractivity contribution in [1.82, 2.24) is 4.90 Å². The van der Waals surface area contributed by atoms with E-state index in [1.165, 1.54) is 48.8 Å². The average molecular weight is 613 g/mol. The molecular weight excluding hydrogens is 569 g/mol. The molecule has 0 aromatic heterocycles. The molecule has 3 atom stereocenters. The molecule has 0 heterocycles. The van der Waals surface area contributed by atoms with Gasteiger partial charge in [0.25, 0.3) is 0 Å². The molecule has 0 bridgehead atoms. The van der Waals surface area contributed by atoms with Crippen molar-refractivity contribution in [3.05, 3.63) is 168 Å². The van der Waals surface area contributed by atoms with E-state index in [1.54, 1.807) is 0 Å². The third-order valence-corrected chi connectivity index (χ3v) is 10.2. The van der Waals surface area contributed by atoms with Gasteiger partial charge in [-0.15, -0.1) is 6.58 Å². The summed E-state index contributed by atoms with van der Waals surface area (Å²) in [7, 11) is 2.18. The van der Waals surface area contributed by atoms with Crippen molar-refractivity contribution in [1.29, 1.82) is 0 Å². The Morgan fingerprint density at radius 2 is 1.55 bits per heavy atom. The Morgan fingerprint density at radius 1 is 0.830 bits per heavy atom. The van der Waals surface area contributed by atoms with Crippen molar-refractivity contribution < 1.29 is 0 Å². The molecule has 0 amide bonds. The normalized spacial score (nSPS) is 19.7. The minimum atomic E-state index is 0.0295. The topological polar surface area (TPSA) is 6.48 Å². The molecule has 1 fully saturated rings. The monoisotopic (exact) mass is 612 g/mol. The third-order valence-electron chi connectivity index (χ3n) is 10.2. The van der Waals surface area contributed by atoms with Gasteiger partial charge in [-0.1, -0.05) is 121 Å². The molecule has 2 nitrogen and oxygen atoms in total. The van der Waals surface area contributed by atoms with Crippen molar-refractivity contribution in [3.63, 3.8) is 0 Å². The van der Waals surface area contributed by atoms with Crippen LogP contribution in [0.2, 0.25) is 0 Å². The maximum atomic E-state index is 4.27. The van der Waals surface area contributed by atoms with Gasteiger partial charge in [-0.05, 0) is 105 Å². The van der Waals surface area contributed by atoms with Crippen LogP contribution in [0.4, 0.5) is 5.69 Å². The molecule has 0 aliphatic heterocycles. The molecule has 0 radical (unpaired) electrons. The minimum Gasteiger partial charge on any atom is -0.371 e. The highest BCUT2D eigenvalue weighted by molar-refractivity contribution is 5.99. The van der Waals surface area contributed by atoms with Gasteiger partial charge in [-0.3, -0.25) is 0 Å². The maximum Gasteiger partial charge on any atom is 0.0659 e. The highest BCUT2D eigenvalue weighted by Crippen LogP contribution is 2.60. The van der Waals surface area contributed by atoms with Crippen molar-refractivity contribution in [2.45, 2.75) is 31.2 Å². The van der Waals surface area contributed by atoms with Crippen LogP contribution in [-0.2, 0) is 0 Å². The van der Waals surface area contributed by atoms with E-state index in [2.05, 4.69) is 188 Å². The summed E-state index contributed by atoms with van der Waals surface area (Å²) in [5, 5.41) is 7.63. The first-order valence-electron chi connectivity index (χ1n) is 16.9. The van der Waals surface area contributed by atoms with Gasteiger partial charge in [0.2, 0.25) is 0 Å². The lowest BCUT2D eigenvalue weighted by atomic mass is 9.92. The van der Waals surface area contributed by atoms with Crippen LogP contribution in [0, 0.1) is 5.92 Å². The lowest BCUT2D eigenvalue weighted by Gasteiger charge is -2.34. The molecule has 7 rings (SSSR count). The summed E-state index contributed by atoms with van der Waals surface area (Å²) in [5.41, 5.74) is 4.10. The molecule has 2 aliphatic rings. The van der Waals surface area contributed by atoms with Crippen LogP contribution in [0.1, 0.15) is 36.8 Å². The van der Waals surface area contributed by atoms with E-state index in [0.29, 0.717) is 11.8 Å². The average Bonchev–Trinajstić information content (AvgIpc) is 3.88. The van der Waals surface area contributed by atoms with E-state index < -0.39 is 0 Å². The lowest BCUT2D eigenvalue weighted by molar-refractivity contribution is 0.267. The first-order valence-corrected chi connectivity index (χ1v) is 16.9. The van der Waals surface area contributed by atoms with Gasteiger partial charge in [0.1, 0.15) is 0 Å². The van der Waals surface area contributed by atoms with Crippen LogP contribution < -0.4 is 15.3 Å². The Labute approximate surface area is 279 Å². The first kappa shape index (κ1) is 30.6. The number of nitrogens with zero attached hydrogens (tertiary/aromatic N) is 2. The summed E-state index contributed by atoms with van der Waals surface area (Å²) >= 11 is 0. The van der Waals surface area contributed by atoms with Gasteiger partial charge >= 0.3 is 0 Å². The number of hydrogen-bond donors (Lipinski definition) is 0. The molecule has 2 aliphatic carbocycles.